The molecule has 0 amide bonds. The molecular weight excluding hydrogens is 246 g/mol. The standard InChI is InChI=1S/C17H35N3/c1-4-20(5-2)13-14(3)19-17-11-8-9-15(17)16-10-6-7-12-18-16/h14-19H,4-13H2,1-3H3. The first-order valence-corrected chi connectivity index (χ1v) is 8.96. The average Bonchev–Trinajstić information content (AvgIpc) is 2.93. The van der Waals surface area contributed by atoms with Crippen LogP contribution in [0.25, 0.3) is 0 Å². The maximum atomic E-state index is 3.94. The molecule has 4 unspecified atom stereocenters. The van der Waals surface area contributed by atoms with Gasteiger partial charge in [-0.2, -0.15) is 0 Å². The molecule has 0 radical (unpaired) electrons. The molecule has 1 saturated heterocycles. The number of hydrogen-bond donors (Lipinski definition) is 2. The SMILES string of the molecule is CCN(CC)CC(C)NC1CCCC1C1CCCCN1. The van der Waals surface area contributed by atoms with E-state index in [4.69, 9.17) is 0 Å². The van der Waals surface area contributed by atoms with Crippen LogP contribution in [0.2, 0.25) is 0 Å². The first-order chi connectivity index (χ1) is 9.74. The normalized spacial score (nSPS) is 32.7. The van der Waals surface area contributed by atoms with Crippen molar-refractivity contribution in [1.82, 2.24) is 15.5 Å². The van der Waals surface area contributed by atoms with Crippen molar-refractivity contribution in [2.75, 3.05) is 26.2 Å². The average molecular weight is 281 g/mol. The number of nitrogens with one attached hydrogen (secondary N) is 2. The molecular formula is C17H35N3. The van der Waals surface area contributed by atoms with Gasteiger partial charge in [0.05, 0.1) is 0 Å². The third kappa shape index (κ3) is 4.44. The lowest BCUT2D eigenvalue weighted by atomic mass is 9.88. The monoisotopic (exact) mass is 281 g/mol. The van der Waals surface area contributed by atoms with Crippen molar-refractivity contribution < 1.29 is 0 Å². The summed E-state index contributed by atoms with van der Waals surface area (Å²) >= 11 is 0. The van der Waals surface area contributed by atoms with Crippen molar-refractivity contribution in [2.24, 2.45) is 5.92 Å². The largest absolute Gasteiger partial charge is 0.314 e. The molecule has 2 rings (SSSR count). The molecule has 1 saturated carbocycles. The third-order valence-corrected chi connectivity index (χ3v) is 5.36. The molecule has 0 aromatic rings. The van der Waals surface area contributed by atoms with Gasteiger partial charge in [-0.05, 0) is 58.2 Å². The summed E-state index contributed by atoms with van der Waals surface area (Å²) in [6.45, 7) is 11.7. The van der Waals surface area contributed by atoms with E-state index in [2.05, 4.69) is 36.3 Å². The molecule has 1 aliphatic heterocycles. The van der Waals surface area contributed by atoms with Crippen LogP contribution in [0.1, 0.15) is 59.3 Å². The zero-order chi connectivity index (χ0) is 14.4. The number of hydrogen-bond acceptors (Lipinski definition) is 3. The summed E-state index contributed by atoms with van der Waals surface area (Å²) < 4.78 is 0. The first kappa shape index (κ1) is 16.3. The highest BCUT2D eigenvalue weighted by molar-refractivity contribution is 4.93. The quantitative estimate of drug-likeness (QED) is 0.751. The molecule has 1 aliphatic carbocycles. The van der Waals surface area contributed by atoms with Gasteiger partial charge < -0.3 is 15.5 Å². The summed E-state index contributed by atoms with van der Waals surface area (Å²) in [5, 5.41) is 7.72. The molecule has 3 nitrogen and oxygen atoms in total. The van der Waals surface area contributed by atoms with E-state index in [9.17, 15) is 0 Å². The minimum atomic E-state index is 0.615. The van der Waals surface area contributed by atoms with Gasteiger partial charge >= 0.3 is 0 Å². The maximum absolute atomic E-state index is 3.94. The molecule has 118 valence electrons. The fourth-order valence-electron chi connectivity index (χ4n) is 4.21. The second-order valence-corrected chi connectivity index (χ2v) is 6.81. The van der Waals surface area contributed by atoms with Gasteiger partial charge in [0.15, 0.2) is 0 Å². The van der Waals surface area contributed by atoms with Gasteiger partial charge in [0.25, 0.3) is 0 Å². The van der Waals surface area contributed by atoms with E-state index >= 15 is 0 Å². The van der Waals surface area contributed by atoms with Gasteiger partial charge in [-0.25, -0.2) is 0 Å². The van der Waals surface area contributed by atoms with E-state index in [0.29, 0.717) is 6.04 Å². The van der Waals surface area contributed by atoms with Gasteiger partial charge in [0.1, 0.15) is 0 Å². The van der Waals surface area contributed by atoms with E-state index in [0.717, 1.165) is 18.0 Å². The van der Waals surface area contributed by atoms with Crippen molar-refractivity contribution in [2.45, 2.75) is 77.4 Å². The summed E-state index contributed by atoms with van der Waals surface area (Å²) in [7, 11) is 0. The first-order valence-electron chi connectivity index (χ1n) is 8.96. The zero-order valence-electron chi connectivity index (χ0n) is 13.8. The highest BCUT2D eigenvalue weighted by Crippen LogP contribution is 2.32. The Labute approximate surface area is 125 Å². The van der Waals surface area contributed by atoms with Crippen LogP contribution in [0.3, 0.4) is 0 Å². The van der Waals surface area contributed by atoms with Gasteiger partial charge in [0.2, 0.25) is 0 Å². The van der Waals surface area contributed by atoms with Crippen LogP contribution in [0.4, 0.5) is 0 Å². The fraction of sp³-hybridized carbons (Fsp3) is 1.00. The predicted octanol–water partition coefficient (Wildman–Crippen LogP) is 2.62. The molecule has 0 aromatic heterocycles. The number of nitrogens with zero attached hydrogens (tertiary/aromatic N) is 1. The summed E-state index contributed by atoms with van der Waals surface area (Å²) in [5.74, 6) is 0.870. The summed E-state index contributed by atoms with van der Waals surface area (Å²) in [6.07, 6.45) is 8.42. The second kappa shape index (κ2) is 8.35. The molecule has 2 fully saturated rings. The van der Waals surface area contributed by atoms with Crippen molar-refractivity contribution in [3.63, 3.8) is 0 Å². The van der Waals surface area contributed by atoms with E-state index in [1.54, 1.807) is 0 Å². The second-order valence-electron chi connectivity index (χ2n) is 6.81. The highest BCUT2D eigenvalue weighted by atomic mass is 15.1. The van der Waals surface area contributed by atoms with Crippen molar-refractivity contribution >= 4 is 0 Å². The Morgan fingerprint density at radius 1 is 1.10 bits per heavy atom. The van der Waals surface area contributed by atoms with Crippen LogP contribution in [0.5, 0.6) is 0 Å². The van der Waals surface area contributed by atoms with Crippen molar-refractivity contribution in [3.8, 4) is 0 Å². The lowest BCUT2D eigenvalue weighted by Gasteiger charge is -2.35. The van der Waals surface area contributed by atoms with Crippen molar-refractivity contribution in [3.05, 3.63) is 0 Å². The number of rotatable bonds is 7. The van der Waals surface area contributed by atoms with Crippen LogP contribution >= 0.6 is 0 Å². The Bertz CT molecular complexity index is 259. The Morgan fingerprint density at radius 3 is 2.55 bits per heavy atom. The van der Waals surface area contributed by atoms with Gasteiger partial charge in [-0.3, -0.25) is 0 Å². The molecule has 20 heavy (non-hydrogen) atoms. The van der Waals surface area contributed by atoms with Crippen LogP contribution in [-0.2, 0) is 0 Å². The van der Waals surface area contributed by atoms with E-state index < -0.39 is 0 Å². The van der Waals surface area contributed by atoms with Gasteiger partial charge in [0, 0.05) is 24.7 Å². The summed E-state index contributed by atoms with van der Waals surface area (Å²) in [5.41, 5.74) is 0. The molecule has 1 heterocycles. The predicted molar refractivity (Wildman–Crippen MR) is 87.2 cm³/mol. The molecule has 2 aliphatic rings. The smallest absolute Gasteiger partial charge is 0.0169 e. The maximum Gasteiger partial charge on any atom is 0.0169 e. The van der Waals surface area contributed by atoms with Crippen LogP contribution in [0.15, 0.2) is 0 Å². The van der Waals surface area contributed by atoms with Crippen LogP contribution in [0, 0.1) is 5.92 Å². The third-order valence-electron chi connectivity index (χ3n) is 5.36. The Kier molecular flexibility index (Phi) is 6.79. The van der Waals surface area contributed by atoms with E-state index in [1.807, 2.05) is 0 Å². The molecule has 0 bridgehead atoms. The van der Waals surface area contributed by atoms with Crippen LogP contribution < -0.4 is 10.6 Å². The van der Waals surface area contributed by atoms with Gasteiger partial charge in [-0.15, -0.1) is 0 Å². The topological polar surface area (TPSA) is 27.3 Å². The minimum absolute atomic E-state index is 0.615. The molecule has 4 atom stereocenters. The fourth-order valence-corrected chi connectivity index (χ4v) is 4.21. The van der Waals surface area contributed by atoms with E-state index in [-0.39, 0.29) is 0 Å². The minimum Gasteiger partial charge on any atom is -0.314 e. The molecule has 2 N–H and O–H groups in total. The van der Waals surface area contributed by atoms with Gasteiger partial charge in [-0.1, -0.05) is 26.7 Å². The molecule has 3 heteroatoms. The Morgan fingerprint density at radius 2 is 1.90 bits per heavy atom. The lowest BCUT2D eigenvalue weighted by Crippen LogP contribution is -2.50. The summed E-state index contributed by atoms with van der Waals surface area (Å²) in [4.78, 5) is 2.53. The Hall–Kier alpha value is -0.120. The number of piperidine rings is 1. The molecule has 0 aromatic carbocycles. The van der Waals surface area contributed by atoms with E-state index in [1.165, 1.54) is 64.7 Å². The summed E-state index contributed by atoms with van der Waals surface area (Å²) in [6, 6.07) is 2.14. The van der Waals surface area contributed by atoms with Crippen LogP contribution in [-0.4, -0.2) is 49.2 Å². The highest BCUT2D eigenvalue weighted by Gasteiger charge is 2.34. The lowest BCUT2D eigenvalue weighted by molar-refractivity contribution is 0.221. The van der Waals surface area contributed by atoms with Crippen molar-refractivity contribution in [1.29, 1.82) is 0 Å². The molecule has 0 spiro atoms. The zero-order valence-corrected chi connectivity index (χ0v) is 13.8. The Balaban J connectivity index is 1.80. The number of likely N-dealkylation sites (N-methyl/N-ethyl adjacent to an activating group) is 1.